The van der Waals surface area contributed by atoms with Gasteiger partial charge < -0.3 is 9.84 Å². The Morgan fingerprint density at radius 2 is 2.06 bits per heavy atom. The first-order chi connectivity index (χ1) is 8.60. The van der Waals surface area contributed by atoms with Crippen molar-refractivity contribution in [2.45, 2.75) is 38.1 Å². The maximum atomic E-state index is 11.9. The van der Waals surface area contributed by atoms with E-state index in [0.29, 0.717) is 6.54 Å². The minimum atomic E-state index is -0.912. The van der Waals surface area contributed by atoms with Crippen LogP contribution in [0.4, 0.5) is 4.79 Å². The highest BCUT2D eigenvalue weighted by Crippen LogP contribution is 2.49. The lowest BCUT2D eigenvalue weighted by molar-refractivity contribution is -0.145. The van der Waals surface area contributed by atoms with E-state index in [0.717, 1.165) is 32.1 Å². The second-order valence-electron chi connectivity index (χ2n) is 5.12. The Kier molecular flexibility index (Phi) is 3.59. The van der Waals surface area contributed by atoms with Crippen molar-refractivity contribution in [3.8, 4) is 0 Å². The van der Waals surface area contributed by atoms with Crippen molar-refractivity contribution in [2.24, 2.45) is 5.41 Å². The maximum absolute atomic E-state index is 11.9. The van der Waals surface area contributed by atoms with Crippen LogP contribution in [0.5, 0.6) is 0 Å². The number of nitrogens with zero attached hydrogens (tertiary/aromatic N) is 1. The van der Waals surface area contributed by atoms with Gasteiger partial charge in [0.25, 0.3) is 0 Å². The average molecular weight is 253 g/mol. The molecule has 0 aromatic rings. The predicted molar refractivity (Wildman–Crippen MR) is 65.2 cm³/mol. The van der Waals surface area contributed by atoms with Gasteiger partial charge in [-0.25, -0.2) is 9.59 Å². The summed E-state index contributed by atoms with van der Waals surface area (Å²) >= 11 is 0. The molecular weight excluding hydrogens is 234 g/mol. The summed E-state index contributed by atoms with van der Waals surface area (Å²) in [5.74, 6) is -0.912. The van der Waals surface area contributed by atoms with E-state index in [2.05, 4.69) is 6.58 Å². The van der Waals surface area contributed by atoms with Crippen LogP contribution in [0.3, 0.4) is 0 Å². The molecular formula is C13H19NO4. The van der Waals surface area contributed by atoms with E-state index in [9.17, 15) is 14.7 Å². The van der Waals surface area contributed by atoms with Gasteiger partial charge >= 0.3 is 12.1 Å². The van der Waals surface area contributed by atoms with E-state index < -0.39 is 18.1 Å². The highest BCUT2D eigenvalue weighted by Gasteiger charge is 2.54. The highest BCUT2D eigenvalue weighted by molar-refractivity contribution is 5.82. The summed E-state index contributed by atoms with van der Waals surface area (Å²) in [6.07, 6.45) is 5.62. The second kappa shape index (κ2) is 5.00. The van der Waals surface area contributed by atoms with Crippen molar-refractivity contribution in [1.29, 1.82) is 0 Å². The quantitative estimate of drug-likeness (QED) is 0.781. The van der Waals surface area contributed by atoms with Crippen LogP contribution in [0.15, 0.2) is 12.7 Å². The fraction of sp³-hybridized carbons (Fsp3) is 0.692. The Labute approximate surface area is 106 Å². The van der Waals surface area contributed by atoms with E-state index in [4.69, 9.17) is 4.74 Å². The molecule has 5 heteroatoms. The number of rotatable bonds is 3. The number of hydrogen-bond acceptors (Lipinski definition) is 3. The van der Waals surface area contributed by atoms with Gasteiger partial charge in [-0.3, -0.25) is 4.90 Å². The van der Waals surface area contributed by atoms with Crippen LogP contribution < -0.4 is 0 Å². The Balaban J connectivity index is 2.14. The zero-order valence-corrected chi connectivity index (χ0v) is 10.4. The monoisotopic (exact) mass is 253 g/mol. The zero-order chi connectivity index (χ0) is 13.2. The van der Waals surface area contributed by atoms with E-state index in [-0.39, 0.29) is 12.0 Å². The van der Waals surface area contributed by atoms with Crippen LogP contribution in [0.1, 0.15) is 32.1 Å². The van der Waals surface area contributed by atoms with Gasteiger partial charge in [0.05, 0.1) is 0 Å². The van der Waals surface area contributed by atoms with Gasteiger partial charge in [-0.15, -0.1) is 0 Å². The molecule has 2 aliphatic rings. The van der Waals surface area contributed by atoms with Gasteiger partial charge in [-0.2, -0.15) is 0 Å². The molecule has 2 fully saturated rings. The molecule has 1 atom stereocenters. The molecule has 1 heterocycles. The lowest BCUT2D eigenvalue weighted by Crippen LogP contribution is -2.47. The lowest BCUT2D eigenvalue weighted by atomic mass is 9.79. The maximum Gasteiger partial charge on any atom is 0.410 e. The highest BCUT2D eigenvalue weighted by atomic mass is 16.6. The molecule has 0 aromatic carbocycles. The Morgan fingerprint density at radius 3 is 2.61 bits per heavy atom. The number of likely N-dealkylation sites (tertiary alicyclic amines) is 1. The van der Waals surface area contributed by atoms with Gasteiger partial charge in [0.15, 0.2) is 0 Å². The number of ether oxygens (including phenoxy) is 1. The van der Waals surface area contributed by atoms with Gasteiger partial charge in [-0.05, 0) is 19.3 Å². The number of carboxylic acid groups (broad SMARTS) is 1. The number of carbonyl (C=O) groups is 2. The summed E-state index contributed by atoms with van der Waals surface area (Å²) in [7, 11) is 0. The van der Waals surface area contributed by atoms with E-state index >= 15 is 0 Å². The molecule has 1 N–H and O–H groups in total. The Morgan fingerprint density at radius 1 is 1.39 bits per heavy atom. The number of carboxylic acids is 1. The molecule has 18 heavy (non-hydrogen) atoms. The molecule has 1 unspecified atom stereocenters. The van der Waals surface area contributed by atoms with Crippen molar-refractivity contribution in [3.05, 3.63) is 12.7 Å². The summed E-state index contributed by atoms with van der Waals surface area (Å²) in [6, 6.07) is -0.725. The molecule has 0 aromatic heterocycles. The average Bonchev–Trinajstić information content (AvgIpc) is 2.94. The fourth-order valence-electron chi connectivity index (χ4n) is 3.35. The molecule has 100 valence electrons. The summed E-state index contributed by atoms with van der Waals surface area (Å²) in [6.45, 7) is 4.07. The first-order valence-electron chi connectivity index (χ1n) is 6.38. The number of hydrogen-bond donors (Lipinski definition) is 1. The van der Waals surface area contributed by atoms with Gasteiger partial charge in [0.1, 0.15) is 12.6 Å². The molecule has 1 aliphatic heterocycles. The van der Waals surface area contributed by atoms with E-state index in [1.165, 1.54) is 11.0 Å². The topological polar surface area (TPSA) is 66.8 Å². The standard InChI is InChI=1S/C13H19NO4/c1-2-9-18-12(17)14-8-7-13(5-3-4-6-13)10(14)11(15)16/h2,10H,1,3-9H2,(H,15,16). The second-order valence-corrected chi connectivity index (χ2v) is 5.12. The third-order valence-electron chi connectivity index (χ3n) is 4.13. The van der Waals surface area contributed by atoms with Crippen molar-refractivity contribution < 1.29 is 19.4 Å². The molecule has 1 amide bonds. The van der Waals surface area contributed by atoms with E-state index in [1.807, 2.05) is 0 Å². The molecule has 5 nitrogen and oxygen atoms in total. The predicted octanol–water partition coefficient (Wildman–Crippen LogP) is 2.03. The first kappa shape index (κ1) is 12.9. The summed E-state index contributed by atoms with van der Waals surface area (Å²) < 4.78 is 4.96. The van der Waals surface area contributed by atoms with Crippen LogP contribution in [0, 0.1) is 5.41 Å². The van der Waals surface area contributed by atoms with Crippen LogP contribution in [0.2, 0.25) is 0 Å². The van der Waals surface area contributed by atoms with Crippen LogP contribution >= 0.6 is 0 Å². The molecule has 0 bridgehead atoms. The molecule has 1 spiro atoms. The number of aliphatic carboxylic acids is 1. The van der Waals surface area contributed by atoms with Gasteiger partial charge in [0.2, 0.25) is 0 Å². The smallest absolute Gasteiger partial charge is 0.410 e. The number of carbonyl (C=O) groups excluding carboxylic acids is 1. The van der Waals surface area contributed by atoms with Gasteiger partial charge in [0, 0.05) is 12.0 Å². The normalized spacial score (nSPS) is 25.3. The number of amides is 1. The molecule has 1 saturated heterocycles. The van der Waals surface area contributed by atoms with Crippen molar-refractivity contribution in [3.63, 3.8) is 0 Å². The summed E-state index contributed by atoms with van der Waals surface area (Å²) in [5.41, 5.74) is -0.223. The third kappa shape index (κ3) is 2.09. The van der Waals surface area contributed by atoms with Crippen molar-refractivity contribution >= 4 is 12.1 Å². The SMILES string of the molecule is C=CCOC(=O)N1CCC2(CCCC2)C1C(=O)O. The van der Waals surface area contributed by atoms with Crippen LogP contribution in [-0.4, -0.2) is 41.3 Å². The first-order valence-corrected chi connectivity index (χ1v) is 6.38. The largest absolute Gasteiger partial charge is 0.480 e. The Bertz CT molecular complexity index is 360. The summed E-state index contributed by atoms with van der Waals surface area (Å²) in [4.78, 5) is 24.7. The fourth-order valence-corrected chi connectivity index (χ4v) is 3.35. The summed E-state index contributed by atoms with van der Waals surface area (Å²) in [5, 5.41) is 9.41. The van der Waals surface area contributed by atoms with Crippen molar-refractivity contribution in [1.82, 2.24) is 4.90 Å². The third-order valence-corrected chi connectivity index (χ3v) is 4.13. The van der Waals surface area contributed by atoms with E-state index in [1.54, 1.807) is 0 Å². The van der Waals surface area contributed by atoms with Crippen LogP contribution in [-0.2, 0) is 9.53 Å². The van der Waals surface area contributed by atoms with Gasteiger partial charge in [-0.1, -0.05) is 25.5 Å². The lowest BCUT2D eigenvalue weighted by Gasteiger charge is -2.31. The zero-order valence-electron chi connectivity index (χ0n) is 10.4. The molecule has 1 aliphatic carbocycles. The minimum absolute atomic E-state index is 0.120. The minimum Gasteiger partial charge on any atom is -0.480 e. The Hall–Kier alpha value is -1.52. The molecule has 2 rings (SSSR count). The van der Waals surface area contributed by atoms with Crippen molar-refractivity contribution in [2.75, 3.05) is 13.2 Å². The molecule has 0 radical (unpaired) electrons. The van der Waals surface area contributed by atoms with Crippen LogP contribution in [0.25, 0.3) is 0 Å². The molecule has 1 saturated carbocycles.